The quantitative estimate of drug-likeness (QED) is 0.149. The molecule has 2 fully saturated rings. The molecule has 2 rings (SSSR count). The summed E-state index contributed by atoms with van der Waals surface area (Å²) in [6.07, 6.45) is -19.9. The van der Waals surface area contributed by atoms with E-state index in [9.17, 15) is 30.6 Å². The molecule has 0 spiro atoms. The molecule has 0 aromatic rings. The Morgan fingerprint density at radius 1 is 0.545 bits per heavy atom. The van der Waals surface area contributed by atoms with E-state index in [1.54, 1.807) is 0 Å². The molecule has 0 aliphatic carbocycles. The molecular weight excluding hydrogens is 460 g/mol. The van der Waals surface area contributed by atoms with Gasteiger partial charge < -0.3 is 80.6 Å². The summed E-state index contributed by atoms with van der Waals surface area (Å²) in [7, 11) is 0. The van der Waals surface area contributed by atoms with Crippen molar-refractivity contribution in [2.24, 2.45) is 0 Å². The number of rotatable bonds is 8. The molecule has 0 saturated carbocycles. The molecule has 1 unspecified atom stereocenters. The molecule has 0 radical (unpaired) electrons. The van der Waals surface area contributed by atoms with Crippen molar-refractivity contribution < 1.29 is 80.6 Å². The molecule has 2 aliphatic rings. The van der Waals surface area contributed by atoms with Crippen molar-refractivity contribution in [1.29, 1.82) is 0 Å². The number of hydrogen-bond donors (Lipinski definition) is 13. The van der Waals surface area contributed by atoms with Gasteiger partial charge >= 0.3 is 0 Å². The third-order valence-corrected chi connectivity index (χ3v) is 5.13. The molecule has 33 heavy (non-hydrogen) atoms. The molecule has 13 atom stereocenters. The summed E-state index contributed by atoms with van der Waals surface area (Å²) < 4.78 is 15.3. The van der Waals surface area contributed by atoms with Crippen LogP contribution in [0.2, 0.25) is 0 Å². The second-order valence-corrected chi connectivity index (χ2v) is 7.52. The van der Waals surface area contributed by atoms with E-state index >= 15 is 0 Å². The van der Waals surface area contributed by atoms with Gasteiger partial charge in [-0.25, -0.2) is 0 Å². The fourth-order valence-electron chi connectivity index (χ4n) is 2.96. The Labute approximate surface area is 187 Å². The summed E-state index contributed by atoms with van der Waals surface area (Å²) in [4.78, 5) is 0. The zero-order chi connectivity index (χ0) is 25.5. The Balaban J connectivity index is 0.000000461. The van der Waals surface area contributed by atoms with E-state index in [0.29, 0.717) is 0 Å². The number of aliphatic hydroxyl groups excluding tert-OH is 13. The Morgan fingerprint density at radius 3 is 1.15 bits per heavy atom. The number of hydrogen-bond acceptors (Lipinski definition) is 16. The third-order valence-electron chi connectivity index (χ3n) is 5.13. The van der Waals surface area contributed by atoms with Crippen molar-refractivity contribution >= 4 is 0 Å². The highest BCUT2D eigenvalue weighted by molar-refractivity contribution is 4.92. The highest BCUT2D eigenvalue weighted by atomic mass is 16.8. The van der Waals surface area contributed by atoms with Crippen LogP contribution < -0.4 is 0 Å². The van der Waals surface area contributed by atoms with Gasteiger partial charge in [0.1, 0.15) is 67.1 Å². The molecule has 0 amide bonds. The van der Waals surface area contributed by atoms with Crippen LogP contribution in [0.3, 0.4) is 0 Å². The van der Waals surface area contributed by atoms with Crippen LogP contribution in [0.25, 0.3) is 0 Å². The molecule has 0 aromatic carbocycles. The van der Waals surface area contributed by atoms with Crippen molar-refractivity contribution in [3.05, 3.63) is 0 Å². The van der Waals surface area contributed by atoms with Crippen LogP contribution in [-0.4, -0.2) is 173 Å². The average Bonchev–Trinajstić information content (AvgIpc) is 2.83. The fourth-order valence-corrected chi connectivity index (χ4v) is 2.96. The van der Waals surface area contributed by atoms with E-state index < -0.39 is 106 Å². The predicted octanol–water partition coefficient (Wildman–Crippen LogP) is -8.34. The van der Waals surface area contributed by atoms with E-state index in [-0.39, 0.29) is 0 Å². The lowest BCUT2D eigenvalue weighted by molar-refractivity contribution is -0.376. The van der Waals surface area contributed by atoms with E-state index in [4.69, 9.17) is 50.0 Å². The van der Waals surface area contributed by atoms with E-state index in [2.05, 4.69) is 0 Å². The normalized spacial score (nSPS) is 42.1. The maximum atomic E-state index is 9.84. The van der Waals surface area contributed by atoms with Crippen LogP contribution in [0, 0.1) is 0 Å². The van der Waals surface area contributed by atoms with Gasteiger partial charge in [0.05, 0.1) is 26.4 Å². The largest absolute Gasteiger partial charge is 0.394 e. The van der Waals surface area contributed by atoms with Gasteiger partial charge in [-0.3, -0.25) is 0 Å². The minimum atomic E-state index is -1.72. The van der Waals surface area contributed by atoms with Gasteiger partial charge in [-0.05, 0) is 0 Å². The Morgan fingerprint density at radius 2 is 0.879 bits per heavy atom. The van der Waals surface area contributed by atoms with Gasteiger partial charge in [-0.1, -0.05) is 0 Å². The standard InChI is InChI=1S/C12H22O11.C5H12O5/c13-1-3-5(15)7(17)9(19)11(21-3)23-12-10(20)8(18)6(16)4(2-14)22-12;6-1-3(8)5(10)4(9)2-7/h3-20H,1-2H2;3-10H,1-2H2/t3-,4-,5-,6-,7+,8+,9-,10-,11-,12-;3-,4+,5?/m1./s1. The van der Waals surface area contributed by atoms with Crippen molar-refractivity contribution in [1.82, 2.24) is 0 Å². The molecule has 2 saturated heterocycles. The van der Waals surface area contributed by atoms with Crippen LogP contribution in [0.4, 0.5) is 0 Å². The first kappa shape index (κ1) is 30.4. The maximum Gasteiger partial charge on any atom is 0.189 e. The summed E-state index contributed by atoms with van der Waals surface area (Å²) in [6, 6.07) is 0. The highest BCUT2D eigenvalue weighted by Gasteiger charge is 2.49. The molecule has 16 nitrogen and oxygen atoms in total. The summed E-state index contributed by atoms with van der Waals surface area (Å²) >= 11 is 0. The molecule has 0 aromatic heterocycles. The van der Waals surface area contributed by atoms with Crippen molar-refractivity contribution in [3.8, 4) is 0 Å². The topological polar surface area (TPSA) is 291 Å². The van der Waals surface area contributed by atoms with Crippen molar-refractivity contribution in [3.63, 3.8) is 0 Å². The summed E-state index contributed by atoms with van der Waals surface area (Å²) in [5, 5.41) is 119. The molecule has 0 bridgehead atoms. The summed E-state index contributed by atoms with van der Waals surface area (Å²) in [5.41, 5.74) is 0. The van der Waals surface area contributed by atoms with E-state index in [1.807, 2.05) is 0 Å². The maximum absolute atomic E-state index is 9.84. The van der Waals surface area contributed by atoms with E-state index in [0.717, 1.165) is 0 Å². The average molecular weight is 494 g/mol. The highest BCUT2D eigenvalue weighted by Crippen LogP contribution is 2.27. The first-order chi connectivity index (χ1) is 15.4. The Kier molecular flexibility index (Phi) is 12.9. The zero-order valence-electron chi connectivity index (χ0n) is 17.4. The first-order valence-electron chi connectivity index (χ1n) is 9.97. The summed E-state index contributed by atoms with van der Waals surface area (Å²) in [5.74, 6) is 0. The summed E-state index contributed by atoms with van der Waals surface area (Å²) in [6.45, 7) is -2.62. The molecule has 16 heteroatoms. The van der Waals surface area contributed by atoms with Crippen molar-refractivity contribution in [2.75, 3.05) is 26.4 Å². The third kappa shape index (κ3) is 7.67. The molecular formula is C17H34O16. The second kappa shape index (κ2) is 14.0. The van der Waals surface area contributed by atoms with Crippen LogP contribution in [-0.2, 0) is 14.2 Å². The first-order valence-corrected chi connectivity index (χ1v) is 9.97. The molecule has 2 heterocycles. The minimum Gasteiger partial charge on any atom is -0.394 e. The van der Waals surface area contributed by atoms with Gasteiger partial charge in [-0.15, -0.1) is 0 Å². The molecule has 198 valence electrons. The SMILES string of the molecule is OC[C@@H](O)C(O)[C@@H](O)CO.OC[C@H]1O[C@H](O[C@H]2O[C@H](CO)[C@@H](O)[C@H](O)[C@H]2O)[C@H](O)[C@@H](O)[C@@H]1O. The Bertz CT molecular complexity index is 493. The number of aliphatic hydroxyl groups is 13. The van der Waals surface area contributed by atoms with Crippen LogP contribution in [0.5, 0.6) is 0 Å². The van der Waals surface area contributed by atoms with Crippen molar-refractivity contribution in [2.45, 2.75) is 79.7 Å². The smallest absolute Gasteiger partial charge is 0.189 e. The van der Waals surface area contributed by atoms with Crippen LogP contribution in [0.15, 0.2) is 0 Å². The lowest BCUT2D eigenvalue weighted by Crippen LogP contribution is -2.63. The van der Waals surface area contributed by atoms with Gasteiger partial charge in [0, 0.05) is 0 Å². The second-order valence-electron chi connectivity index (χ2n) is 7.52. The van der Waals surface area contributed by atoms with Gasteiger partial charge in [0.2, 0.25) is 0 Å². The van der Waals surface area contributed by atoms with E-state index in [1.165, 1.54) is 0 Å². The minimum absolute atomic E-state index is 0.641. The lowest BCUT2D eigenvalue weighted by atomic mass is 9.98. The van der Waals surface area contributed by atoms with Gasteiger partial charge in [-0.2, -0.15) is 0 Å². The molecule has 13 N–H and O–H groups in total. The van der Waals surface area contributed by atoms with Gasteiger partial charge in [0.15, 0.2) is 12.6 Å². The molecule has 2 aliphatic heterocycles. The monoisotopic (exact) mass is 494 g/mol. The lowest BCUT2D eigenvalue weighted by Gasteiger charge is -2.44. The van der Waals surface area contributed by atoms with Crippen LogP contribution in [0.1, 0.15) is 0 Å². The Hall–Kier alpha value is -0.640. The fraction of sp³-hybridized carbons (Fsp3) is 1.00. The zero-order valence-corrected chi connectivity index (χ0v) is 17.4. The number of ether oxygens (including phenoxy) is 3. The predicted molar refractivity (Wildman–Crippen MR) is 101 cm³/mol. The van der Waals surface area contributed by atoms with Crippen LogP contribution >= 0.6 is 0 Å². The van der Waals surface area contributed by atoms with Gasteiger partial charge in [0.25, 0.3) is 0 Å².